The van der Waals surface area contributed by atoms with Gasteiger partial charge >= 0.3 is 6.09 Å². The molecule has 0 radical (unpaired) electrons. The van der Waals surface area contributed by atoms with E-state index in [9.17, 15) is 4.79 Å². The second-order valence-electron chi connectivity index (χ2n) is 3.58. The van der Waals surface area contributed by atoms with Crippen molar-refractivity contribution >= 4 is 23.5 Å². The van der Waals surface area contributed by atoms with Gasteiger partial charge < -0.3 is 15.3 Å². The van der Waals surface area contributed by atoms with E-state index in [4.69, 9.17) is 16.7 Å². The number of halogens is 1. The third kappa shape index (κ3) is 2.52. The molecule has 2 N–H and O–H groups in total. The number of rotatable bonds is 2. The van der Waals surface area contributed by atoms with Gasteiger partial charge in [0.1, 0.15) is 11.0 Å². The molecule has 1 aromatic rings. The van der Waals surface area contributed by atoms with E-state index in [1.165, 1.54) is 17.3 Å². The summed E-state index contributed by atoms with van der Waals surface area (Å²) in [6, 6.07) is 0.0894. The zero-order valence-electron chi connectivity index (χ0n) is 8.43. The molecular formula is C9H11ClN4O2. The first-order chi connectivity index (χ1) is 7.65. The van der Waals surface area contributed by atoms with Crippen molar-refractivity contribution in [1.82, 2.24) is 14.9 Å². The molecule has 0 spiro atoms. The Kier molecular flexibility index (Phi) is 3.09. The fraction of sp³-hybridized carbons (Fsp3) is 0.444. The Hall–Kier alpha value is -1.56. The van der Waals surface area contributed by atoms with Crippen LogP contribution < -0.4 is 5.32 Å². The largest absolute Gasteiger partial charge is 0.465 e. The van der Waals surface area contributed by atoms with Crippen LogP contribution in [-0.2, 0) is 0 Å². The lowest BCUT2D eigenvalue weighted by molar-refractivity contribution is 0.155. The van der Waals surface area contributed by atoms with Gasteiger partial charge in [0.15, 0.2) is 0 Å². The van der Waals surface area contributed by atoms with Crippen LogP contribution in [0.25, 0.3) is 0 Å². The zero-order chi connectivity index (χ0) is 11.5. The summed E-state index contributed by atoms with van der Waals surface area (Å²) < 4.78 is 0. The second-order valence-corrected chi connectivity index (χ2v) is 3.97. The number of carboxylic acid groups (broad SMARTS) is 1. The molecule has 1 unspecified atom stereocenters. The summed E-state index contributed by atoms with van der Waals surface area (Å²) in [5.74, 6) is 0.613. The minimum atomic E-state index is -0.883. The minimum Gasteiger partial charge on any atom is -0.465 e. The highest BCUT2D eigenvalue weighted by Gasteiger charge is 2.25. The third-order valence-electron chi connectivity index (χ3n) is 2.43. The van der Waals surface area contributed by atoms with Crippen LogP contribution in [0.3, 0.4) is 0 Å². The molecule has 1 atom stereocenters. The smallest absolute Gasteiger partial charge is 0.407 e. The van der Waals surface area contributed by atoms with Crippen molar-refractivity contribution in [2.75, 3.05) is 18.4 Å². The summed E-state index contributed by atoms with van der Waals surface area (Å²) in [6.45, 7) is 1.02. The Morgan fingerprint density at radius 3 is 2.94 bits per heavy atom. The van der Waals surface area contributed by atoms with Gasteiger partial charge in [0.2, 0.25) is 0 Å². The molecule has 1 aliphatic heterocycles. The SMILES string of the molecule is O=C(O)N1CCC(Nc2cnc(Cl)cn2)C1. The molecule has 1 fully saturated rings. The van der Waals surface area contributed by atoms with Gasteiger partial charge in [-0.2, -0.15) is 0 Å². The molecule has 2 rings (SSSR count). The van der Waals surface area contributed by atoms with Gasteiger partial charge in [-0.25, -0.2) is 14.8 Å². The summed E-state index contributed by atoms with van der Waals surface area (Å²) >= 11 is 5.61. The van der Waals surface area contributed by atoms with Crippen molar-refractivity contribution in [2.45, 2.75) is 12.5 Å². The predicted molar refractivity (Wildman–Crippen MR) is 58.7 cm³/mol. The van der Waals surface area contributed by atoms with Crippen LogP contribution in [0.2, 0.25) is 5.15 Å². The number of hydrogen-bond donors (Lipinski definition) is 2. The highest BCUT2D eigenvalue weighted by molar-refractivity contribution is 6.29. The Morgan fingerprint density at radius 1 is 1.56 bits per heavy atom. The van der Waals surface area contributed by atoms with E-state index in [1.807, 2.05) is 0 Å². The lowest BCUT2D eigenvalue weighted by Gasteiger charge is -2.13. The number of carbonyl (C=O) groups is 1. The van der Waals surface area contributed by atoms with Crippen molar-refractivity contribution in [2.24, 2.45) is 0 Å². The van der Waals surface area contributed by atoms with Crippen LogP contribution in [0.5, 0.6) is 0 Å². The molecule has 2 heterocycles. The van der Waals surface area contributed by atoms with Crippen molar-refractivity contribution in [3.05, 3.63) is 17.5 Å². The zero-order valence-corrected chi connectivity index (χ0v) is 9.18. The maximum atomic E-state index is 10.7. The number of aromatic nitrogens is 2. The standard InChI is InChI=1S/C9H11ClN4O2/c10-7-3-12-8(4-11-7)13-6-1-2-14(5-6)9(15)16/h3-4,6H,1-2,5H2,(H,12,13)(H,15,16). The lowest BCUT2D eigenvalue weighted by atomic mass is 10.3. The molecule has 0 aliphatic carbocycles. The third-order valence-corrected chi connectivity index (χ3v) is 2.63. The van der Waals surface area contributed by atoms with E-state index < -0.39 is 6.09 Å². The quantitative estimate of drug-likeness (QED) is 0.817. The molecule has 1 saturated heterocycles. The van der Waals surface area contributed by atoms with Crippen molar-refractivity contribution in [3.8, 4) is 0 Å². The molecular weight excluding hydrogens is 232 g/mol. The summed E-state index contributed by atoms with van der Waals surface area (Å²) in [4.78, 5) is 20.0. The molecule has 16 heavy (non-hydrogen) atoms. The maximum Gasteiger partial charge on any atom is 0.407 e. The molecule has 1 aliphatic rings. The molecule has 86 valence electrons. The number of nitrogens with zero attached hydrogens (tertiary/aromatic N) is 3. The van der Waals surface area contributed by atoms with Gasteiger partial charge in [-0.3, -0.25) is 0 Å². The molecule has 7 heteroatoms. The van der Waals surface area contributed by atoms with Crippen molar-refractivity contribution in [1.29, 1.82) is 0 Å². The van der Waals surface area contributed by atoms with Gasteiger partial charge in [0.05, 0.1) is 12.4 Å². The number of likely N-dealkylation sites (tertiary alicyclic amines) is 1. The summed E-state index contributed by atoms with van der Waals surface area (Å²) in [5.41, 5.74) is 0. The average molecular weight is 243 g/mol. The van der Waals surface area contributed by atoms with E-state index in [-0.39, 0.29) is 6.04 Å². The van der Waals surface area contributed by atoms with Gasteiger partial charge in [0.25, 0.3) is 0 Å². The van der Waals surface area contributed by atoms with Crippen LogP contribution in [0, 0.1) is 0 Å². The number of amides is 1. The molecule has 0 aromatic carbocycles. The molecule has 6 nitrogen and oxygen atoms in total. The van der Waals surface area contributed by atoms with Gasteiger partial charge in [-0.15, -0.1) is 0 Å². The Balaban J connectivity index is 1.92. The number of hydrogen-bond acceptors (Lipinski definition) is 4. The van der Waals surface area contributed by atoms with Crippen molar-refractivity contribution < 1.29 is 9.90 Å². The lowest BCUT2D eigenvalue weighted by Crippen LogP contribution is -2.30. The summed E-state index contributed by atoms with van der Waals surface area (Å²) in [7, 11) is 0. The topological polar surface area (TPSA) is 78.4 Å². The van der Waals surface area contributed by atoms with Crippen LogP contribution in [-0.4, -0.2) is 45.2 Å². The van der Waals surface area contributed by atoms with Crippen LogP contribution in [0.1, 0.15) is 6.42 Å². The monoisotopic (exact) mass is 242 g/mol. The van der Waals surface area contributed by atoms with Crippen LogP contribution in [0.15, 0.2) is 12.4 Å². The van der Waals surface area contributed by atoms with Gasteiger partial charge in [-0.1, -0.05) is 11.6 Å². The van der Waals surface area contributed by atoms with E-state index in [0.29, 0.717) is 24.1 Å². The van der Waals surface area contributed by atoms with E-state index >= 15 is 0 Å². The minimum absolute atomic E-state index is 0.0894. The molecule has 1 amide bonds. The molecule has 0 saturated carbocycles. The Labute approximate surface area is 97.3 Å². The van der Waals surface area contributed by atoms with Gasteiger partial charge in [0, 0.05) is 19.1 Å². The average Bonchev–Trinajstić information content (AvgIpc) is 2.70. The highest BCUT2D eigenvalue weighted by atomic mass is 35.5. The van der Waals surface area contributed by atoms with Crippen molar-refractivity contribution in [3.63, 3.8) is 0 Å². The first-order valence-electron chi connectivity index (χ1n) is 4.87. The van der Waals surface area contributed by atoms with Crippen LogP contribution in [0.4, 0.5) is 10.6 Å². The molecule has 1 aromatic heterocycles. The fourth-order valence-corrected chi connectivity index (χ4v) is 1.75. The second kappa shape index (κ2) is 4.52. The predicted octanol–water partition coefficient (Wildman–Crippen LogP) is 1.29. The van der Waals surface area contributed by atoms with E-state index in [0.717, 1.165) is 6.42 Å². The maximum absolute atomic E-state index is 10.7. The van der Waals surface area contributed by atoms with Crippen LogP contribution >= 0.6 is 11.6 Å². The first-order valence-corrected chi connectivity index (χ1v) is 5.25. The normalized spacial score (nSPS) is 19.8. The summed E-state index contributed by atoms with van der Waals surface area (Å²) in [6.07, 6.45) is 2.88. The fourth-order valence-electron chi connectivity index (χ4n) is 1.65. The molecule has 0 bridgehead atoms. The number of anilines is 1. The number of nitrogens with one attached hydrogen (secondary N) is 1. The Morgan fingerprint density at radius 2 is 2.38 bits per heavy atom. The van der Waals surface area contributed by atoms with Gasteiger partial charge in [-0.05, 0) is 6.42 Å². The van der Waals surface area contributed by atoms with E-state index in [1.54, 1.807) is 0 Å². The highest BCUT2D eigenvalue weighted by Crippen LogP contribution is 2.14. The Bertz CT molecular complexity index is 384. The van der Waals surface area contributed by atoms with E-state index in [2.05, 4.69) is 15.3 Å². The first kappa shape index (κ1) is 10.9. The summed E-state index contributed by atoms with van der Waals surface area (Å²) in [5, 5.41) is 12.2.